The molecule has 0 spiro atoms. The number of alkyl halides is 3. The summed E-state index contributed by atoms with van der Waals surface area (Å²) in [7, 11) is 0. The number of aromatic nitrogens is 2. The van der Waals surface area contributed by atoms with Gasteiger partial charge in [-0.15, -0.1) is 0 Å². The van der Waals surface area contributed by atoms with Crippen molar-refractivity contribution in [2.45, 2.75) is 83.0 Å². The summed E-state index contributed by atoms with van der Waals surface area (Å²) < 4.78 is 45.4. The van der Waals surface area contributed by atoms with Crippen LogP contribution in [0.15, 0.2) is 18.3 Å². The molecule has 232 valence electrons. The molecule has 1 aromatic heterocycles. The van der Waals surface area contributed by atoms with E-state index in [9.17, 15) is 32.7 Å². The second-order valence-electron chi connectivity index (χ2n) is 13.4. The van der Waals surface area contributed by atoms with Crippen molar-refractivity contribution >= 4 is 52.5 Å². The number of carbonyl (C=O) groups excluding carboxylic acids is 2. The third-order valence-corrected chi connectivity index (χ3v) is 11.8. The lowest BCUT2D eigenvalue weighted by molar-refractivity contribution is -0.163. The summed E-state index contributed by atoms with van der Waals surface area (Å²) in [5, 5.41) is 14.1. The molecule has 2 bridgehead atoms. The lowest BCUT2D eigenvalue weighted by Crippen LogP contribution is -2.52. The third kappa shape index (κ3) is 4.86. The summed E-state index contributed by atoms with van der Waals surface area (Å²) in [6.07, 6.45) is -1.46. The summed E-state index contributed by atoms with van der Waals surface area (Å²) in [6, 6.07) is 2.24. The minimum atomic E-state index is -4.92. The summed E-state index contributed by atoms with van der Waals surface area (Å²) in [5.41, 5.74) is -3.72. The van der Waals surface area contributed by atoms with Gasteiger partial charge >= 0.3 is 12.1 Å². The van der Waals surface area contributed by atoms with E-state index in [0.717, 1.165) is 10.9 Å². The van der Waals surface area contributed by atoms with Crippen molar-refractivity contribution in [3.8, 4) is 0 Å². The highest BCUT2D eigenvalue weighted by Crippen LogP contribution is 2.67. The largest absolute Gasteiger partial charge is 0.481 e. The van der Waals surface area contributed by atoms with Gasteiger partial charge in [-0.2, -0.15) is 18.3 Å². The minimum Gasteiger partial charge on any atom is -0.481 e. The number of fused-ring (bicyclic) bond motifs is 4. The highest BCUT2D eigenvalue weighted by molar-refractivity contribution is 6.42. The van der Waals surface area contributed by atoms with E-state index < -0.39 is 58.6 Å². The van der Waals surface area contributed by atoms with Crippen molar-refractivity contribution in [2.75, 3.05) is 6.54 Å². The van der Waals surface area contributed by atoms with Crippen molar-refractivity contribution in [3.05, 3.63) is 50.2 Å². The van der Waals surface area contributed by atoms with Crippen LogP contribution in [0.3, 0.4) is 0 Å². The van der Waals surface area contributed by atoms with Crippen molar-refractivity contribution in [1.82, 2.24) is 14.7 Å². The molecule has 13 heteroatoms. The molecule has 1 N–H and O–H groups in total. The molecule has 1 amide bonds. The number of ketones is 1. The number of rotatable bonds is 7. The molecular formula is C30H31Cl3F3N3O4. The maximum absolute atomic E-state index is 14.8. The van der Waals surface area contributed by atoms with E-state index in [1.807, 2.05) is 0 Å². The Morgan fingerprint density at radius 2 is 1.53 bits per heavy atom. The number of aliphatic carboxylic acids is 1. The van der Waals surface area contributed by atoms with E-state index in [1.54, 1.807) is 0 Å². The van der Waals surface area contributed by atoms with E-state index in [4.69, 9.17) is 34.8 Å². The first-order valence-electron chi connectivity index (χ1n) is 14.4. The van der Waals surface area contributed by atoms with Crippen molar-refractivity contribution < 1.29 is 32.7 Å². The van der Waals surface area contributed by atoms with Crippen LogP contribution in [0.5, 0.6) is 0 Å². The van der Waals surface area contributed by atoms with E-state index >= 15 is 0 Å². The molecular weight excluding hydrogens is 630 g/mol. The molecule has 1 aromatic carbocycles. The third-order valence-electron chi connectivity index (χ3n) is 11.0. The summed E-state index contributed by atoms with van der Waals surface area (Å²) >= 11 is 18.6. The predicted octanol–water partition coefficient (Wildman–Crippen LogP) is 7.76. The van der Waals surface area contributed by atoms with Crippen LogP contribution in [0.25, 0.3) is 0 Å². The van der Waals surface area contributed by atoms with Gasteiger partial charge in [0, 0.05) is 11.1 Å². The number of carboxylic acids is 1. The summed E-state index contributed by atoms with van der Waals surface area (Å²) in [6.45, 7) is 3.74. The fraction of sp³-hybridized carbons (Fsp3) is 0.600. The second kappa shape index (κ2) is 10.1. The number of amides is 1. The standard InChI is InChI=1S/C30H31Cl3F3N3O4/c1-27(2)18-11-16(12-19(18)27)38(14-22(40)23-20(32)9-15(31)10-21(23)33)25(41)17-13-37-39(24(17)30(34,35)36)29-6-3-28(4-7-29,5-8-29)26(42)43/h9-10,13,16,18-19H,3-8,11-12,14H2,1-2H3,(H,42,43)/t16?,18-,19+,28?,29?. The smallest absolute Gasteiger partial charge is 0.433 e. The zero-order chi connectivity index (χ0) is 31.3. The molecule has 2 aromatic rings. The normalized spacial score (nSPS) is 30.7. The van der Waals surface area contributed by atoms with E-state index in [-0.39, 0.29) is 64.6 Å². The predicted molar refractivity (Wildman–Crippen MR) is 154 cm³/mol. The maximum atomic E-state index is 14.8. The van der Waals surface area contributed by atoms with Crippen molar-refractivity contribution in [3.63, 3.8) is 0 Å². The number of hydrogen-bond acceptors (Lipinski definition) is 4. The van der Waals surface area contributed by atoms with Crippen LogP contribution >= 0.6 is 34.8 Å². The molecule has 0 aliphatic heterocycles. The molecule has 5 aliphatic rings. The van der Waals surface area contributed by atoms with Gasteiger partial charge in [-0.3, -0.25) is 19.1 Å². The van der Waals surface area contributed by atoms with Gasteiger partial charge in [0.25, 0.3) is 5.91 Å². The number of carbonyl (C=O) groups is 3. The van der Waals surface area contributed by atoms with Gasteiger partial charge in [0.05, 0.1) is 44.9 Å². The molecule has 0 radical (unpaired) electrons. The molecule has 43 heavy (non-hydrogen) atoms. The minimum absolute atomic E-state index is 0.0137. The first-order chi connectivity index (χ1) is 20.0. The average molecular weight is 661 g/mol. The Labute approximate surface area is 261 Å². The van der Waals surface area contributed by atoms with E-state index in [2.05, 4.69) is 18.9 Å². The number of halogens is 6. The Balaban J connectivity index is 1.36. The fourth-order valence-corrected chi connectivity index (χ4v) is 9.26. The Morgan fingerprint density at radius 1 is 1.00 bits per heavy atom. The second-order valence-corrected chi connectivity index (χ2v) is 14.6. The topological polar surface area (TPSA) is 92.5 Å². The molecule has 7 nitrogen and oxygen atoms in total. The van der Waals surface area contributed by atoms with Gasteiger partial charge in [-0.1, -0.05) is 48.7 Å². The molecule has 5 saturated carbocycles. The number of benzene rings is 1. The van der Waals surface area contributed by atoms with Gasteiger partial charge in [0.15, 0.2) is 11.5 Å². The number of carboxylic acid groups (broad SMARTS) is 1. The van der Waals surface area contributed by atoms with Gasteiger partial charge in [0.1, 0.15) is 0 Å². The van der Waals surface area contributed by atoms with Crippen LogP contribution in [0.2, 0.25) is 15.1 Å². The molecule has 1 unspecified atom stereocenters. The Morgan fingerprint density at radius 3 is 2.02 bits per heavy atom. The summed E-state index contributed by atoms with van der Waals surface area (Å²) in [4.78, 5) is 40.9. The van der Waals surface area contributed by atoms with Crippen LogP contribution in [0.1, 0.15) is 91.6 Å². The Kier molecular flexibility index (Phi) is 7.22. The van der Waals surface area contributed by atoms with Crippen LogP contribution < -0.4 is 0 Å². The van der Waals surface area contributed by atoms with Crippen LogP contribution in [-0.2, 0) is 16.5 Å². The Hall–Kier alpha value is -2.30. The molecule has 0 saturated heterocycles. The molecule has 3 atom stereocenters. The van der Waals surface area contributed by atoms with Crippen molar-refractivity contribution in [1.29, 1.82) is 0 Å². The van der Waals surface area contributed by atoms with Crippen molar-refractivity contribution in [2.24, 2.45) is 22.7 Å². The molecule has 5 aliphatic carbocycles. The van der Waals surface area contributed by atoms with Gasteiger partial charge in [0.2, 0.25) is 0 Å². The Bertz CT molecular complexity index is 1480. The first kappa shape index (κ1) is 30.7. The highest BCUT2D eigenvalue weighted by Gasteiger charge is 2.63. The first-order valence-corrected chi connectivity index (χ1v) is 15.5. The molecule has 5 fully saturated rings. The number of nitrogens with zero attached hydrogens (tertiary/aromatic N) is 3. The van der Waals surface area contributed by atoms with Gasteiger partial charge in [-0.25, -0.2) is 0 Å². The number of hydrogen-bond donors (Lipinski definition) is 1. The summed E-state index contributed by atoms with van der Waals surface area (Å²) in [5.74, 6) is -1.86. The van der Waals surface area contributed by atoms with E-state index in [1.165, 1.54) is 17.0 Å². The number of Topliss-reactive ketones (excluding diaryl/α,β-unsaturated/α-hetero) is 1. The molecule has 7 rings (SSSR count). The monoisotopic (exact) mass is 659 g/mol. The highest BCUT2D eigenvalue weighted by atomic mass is 35.5. The van der Waals surface area contributed by atoms with Gasteiger partial charge < -0.3 is 10.0 Å². The fourth-order valence-electron chi connectivity index (χ4n) is 8.24. The lowest BCUT2D eigenvalue weighted by atomic mass is 9.57. The SMILES string of the molecule is CC1(C)[C@@H]2CC(N(CC(=O)c3c(Cl)cc(Cl)cc3Cl)C(=O)c3cnn(C45CCC(C(=O)O)(CC4)CC5)c3C(F)(F)F)C[C@@H]21. The lowest BCUT2D eigenvalue weighted by Gasteiger charge is -2.51. The van der Waals surface area contributed by atoms with E-state index in [0.29, 0.717) is 24.7 Å². The zero-order valence-electron chi connectivity index (χ0n) is 23.6. The maximum Gasteiger partial charge on any atom is 0.433 e. The van der Waals surface area contributed by atoms with Crippen LogP contribution in [0, 0.1) is 22.7 Å². The van der Waals surface area contributed by atoms with Gasteiger partial charge in [-0.05, 0) is 80.8 Å². The zero-order valence-corrected chi connectivity index (χ0v) is 25.9. The molecule has 1 heterocycles. The van der Waals surface area contributed by atoms with Crippen LogP contribution in [0.4, 0.5) is 13.2 Å². The quantitative estimate of drug-likeness (QED) is 0.307. The average Bonchev–Trinajstić information content (AvgIpc) is 3.36. The van der Waals surface area contributed by atoms with Crippen LogP contribution in [-0.4, -0.2) is 50.0 Å².